The van der Waals surface area contributed by atoms with E-state index < -0.39 is 5.60 Å². The molecule has 1 N–H and O–H groups in total. The zero-order valence-corrected chi connectivity index (χ0v) is 12.9. The predicted octanol–water partition coefficient (Wildman–Crippen LogP) is 5.18. The molecule has 0 amide bonds. The lowest BCUT2D eigenvalue weighted by Crippen LogP contribution is -2.34. The molecule has 0 heterocycles. The van der Waals surface area contributed by atoms with Crippen LogP contribution >= 0.6 is 11.8 Å². The van der Waals surface area contributed by atoms with Crippen molar-refractivity contribution in [1.29, 1.82) is 0 Å². The van der Waals surface area contributed by atoms with Crippen LogP contribution in [-0.4, -0.2) is 10.7 Å². The fraction of sp³-hybridized carbons (Fsp3) is 0.444. The molecule has 1 aromatic rings. The summed E-state index contributed by atoms with van der Waals surface area (Å²) in [7, 11) is 0. The highest BCUT2D eigenvalue weighted by Crippen LogP contribution is 2.40. The molecule has 0 radical (unpaired) electrons. The highest BCUT2D eigenvalue weighted by molar-refractivity contribution is 8.03. The van der Waals surface area contributed by atoms with Gasteiger partial charge in [-0.1, -0.05) is 61.9 Å². The highest BCUT2D eigenvalue weighted by atomic mass is 32.2. The molecule has 1 aromatic carbocycles. The van der Waals surface area contributed by atoms with Crippen molar-refractivity contribution in [3.63, 3.8) is 0 Å². The quantitative estimate of drug-likeness (QED) is 0.457. The maximum absolute atomic E-state index is 10.8. The van der Waals surface area contributed by atoms with Gasteiger partial charge >= 0.3 is 0 Å². The SMILES string of the molecule is C=C[C@@]1(O)CCCCC[C@@H]1CC(=C)Sc1ccccc1. The average Bonchev–Trinajstić information content (AvgIpc) is 2.63. The molecule has 1 saturated carbocycles. The Labute approximate surface area is 126 Å². The van der Waals surface area contributed by atoms with Crippen LogP contribution in [0.25, 0.3) is 0 Å². The molecule has 2 heteroatoms. The Morgan fingerprint density at radius 2 is 2.05 bits per heavy atom. The molecule has 0 spiro atoms. The van der Waals surface area contributed by atoms with E-state index >= 15 is 0 Å². The molecule has 1 aliphatic carbocycles. The average molecular weight is 288 g/mol. The number of rotatable bonds is 5. The normalized spacial score (nSPS) is 26.8. The minimum absolute atomic E-state index is 0.256. The molecule has 0 bridgehead atoms. The fourth-order valence-corrected chi connectivity index (χ4v) is 3.86. The lowest BCUT2D eigenvalue weighted by Gasteiger charge is -2.32. The lowest BCUT2D eigenvalue weighted by molar-refractivity contribution is 0.0227. The van der Waals surface area contributed by atoms with Crippen molar-refractivity contribution in [2.45, 2.75) is 49.0 Å². The van der Waals surface area contributed by atoms with Crippen LogP contribution in [0.15, 0.2) is 59.4 Å². The van der Waals surface area contributed by atoms with Crippen LogP contribution < -0.4 is 0 Å². The van der Waals surface area contributed by atoms with Crippen molar-refractivity contribution in [2.75, 3.05) is 0 Å². The Kier molecular flexibility index (Phi) is 5.50. The monoisotopic (exact) mass is 288 g/mol. The van der Waals surface area contributed by atoms with Crippen molar-refractivity contribution in [3.05, 3.63) is 54.5 Å². The molecule has 1 nitrogen and oxygen atoms in total. The van der Waals surface area contributed by atoms with E-state index in [0.29, 0.717) is 0 Å². The minimum atomic E-state index is -0.712. The van der Waals surface area contributed by atoms with Crippen molar-refractivity contribution in [3.8, 4) is 0 Å². The molecule has 0 saturated heterocycles. The zero-order valence-electron chi connectivity index (χ0n) is 12.1. The van der Waals surface area contributed by atoms with E-state index in [1.807, 2.05) is 18.2 Å². The van der Waals surface area contributed by atoms with Crippen molar-refractivity contribution in [2.24, 2.45) is 5.92 Å². The Morgan fingerprint density at radius 3 is 2.75 bits per heavy atom. The summed E-state index contributed by atoms with van der Waals surface area (Å²) in [6.45, 7) is 8.04. The molecule has 2 atom stereocenters. The summed E-state index contributed by atoms with van der Waals surface area (Å²) in [5.41, 5.74) is -0.712. The molecule has 2 rings (SSSR count). The van der Waals surface area contributed by atoms with Gasteiger partial charge in [0.25, 0.3) is 0 Å². The van der Waals surface area contributed by atoms with Crippen LogP contribution in [0.5, 0.6) is 0 Å². The van der Waals surface area contributed by atoms with Crippen molar-refractivity contribution in [1.82, 2.24) is 0 Å². The molecule has 1 aliphatic rings. The summed E-state index contributed by atoms with van der Waals surface area (Å²) >= 11 is 1.72. The molecular formula is C18H24OS. The van der Waals surface area contributed by atoms with Gasteiger partial charge < -0.3 is 5.11 Å². The first-order valence-electron chi connectivity index (χ1n) is 7.41. The maximum Gasteiger partial charge on any atom is 0.0856 e. The maximum atomic E-state index is 10.8. The molecular weight excluding hydrogens is 264 g/mol. The molecule has 0 unspecified atom stereocenters. The fourth-order valence-electron chi connectivity index (χ4n) is 2.95. The number of aliphatic hydroxyl groups is 1. The largest absolute Gasteiger partial charge is 0.386 e. The summed E-state index contributed by atoms with van der Waals surface area (Å²) in [5, 5.41) is 10.8. The van der Waals surface area contributed by atoms with Gasteiger partial charge in [0.05, 0.1) is 5.60 Å². The minimum Gasteiger partial charge on any atom is -0.386 e. The third-order valence-corrected chi connectivity index (χ3v) is 5.13. The number of benzene rings is 1. The highest BCUT2D eigenvalue weighted by Gasteiger charge is 2.34. The van der Waals surface area contributed by atoms with Gasteiger partial charge in [0.2, 0.25) is 0 Å². The van der Waals surface area contributed by atoms with Crippen LogP contribution in [0.2, 0.25) is 0 Å². The molecule has 0 aliphatic heterocycles. The van der Waals surface area contributed by atoms with Gasteiger partial charge in [-0.2, -0.15) is 0 Å². The lowest BCUT2D eigenvalue weighted by atomic mass is 9.81. The van der Waals surface area contributed by atoms with Gasteiger partial charge in [-0.25, -0.2) is 0 Å². The van der Waals surface area contributed by atoms with Crippen LogP contribution in [0.4, 0.5) is 0 Å². The molecule has 108 valence electrons. The van der Waals surface area contributed by atoms with E-state index in [-0.39, 0.29) is 5.92 Å². The van der Waals surface area contributed by atoms with Gasteiger partial charge in [-0.3, -0.25) is 0 Å². The Bertz CT molecular complexity index is 454. The number of allylic oxidation sites excluding steroid dienone is 1. The smallest absolute Gasteiger partial charge is 0.0856 e. The second-order valence-electron chi connectivity index (χ2n) is 5.65. The van der Waals surface area contributed by atoms with E-state index in [0.717, 1.165) is 30.6 Å². The Hall–Kier alpha value is -0.990. The van der Waals surface area contributed by atoms with Gasteiger partial charge in [-0.05, 0) is 42.2 Å². The topological polar surface area (TPSA) is 20.2 Å². The van der Waals surface area contributed by atoms with E-state index in [1.54, 1.807) is 17.8 Å². The third kappa shape index (κ3) is 4.00. The van der Waals surface area contributed by atoms with Gasteiger partial charge in [0.15, 0.2) is 0 Å². The first-order valence-corrected chi connectivity index (χ1v) is 8.22. The number of thioether (sulfide) groups is 1. The Balaban J connectivity index is 1.99. The first kappa shape index (κ1) is 15.4. The van der Waals surface area contributed by atoms with Crippen LogP contribution in [0.3, 0.4) is 0 Å². The number of hydrogen-bond donors (Lipinski definition) is 1. The van der Waals surface area contributed by atoms with E-state index in [1.165, 1.54) is 17.7 Å². The van der Waals surface area contributed by atoms with Crippen molar-refractivity contribution < 1.29 is 5.11 Å². The van der Waals surface area contributed by atoms with E-state index in [2.05, 4.69) is 25.3 Å². The number of hydrogen-bond acceptors (Lipinski definition) is 2. The Morgan fingerprint density at radius 1 is 1.30 bits per heavy atom. The second-order valence-corrected chi connectivity index (χ2v) is 6.90. The summed E-state index contributed by atoms with van der Waals surface area (Å²) in [4.78, 5) is 2.34. The van der Waals surface area contributed by atoms with Gasteiger partial charge in [0.1, 0.15) is 0 Å². The summed E-state index contributed by atoms with van der Waals surface area (Å²) in [6.07, 6.45) is 8.03. The van der Waals surface area contributed by atoms with E-state index in [4.69, 9.17) is 0 Å². The van der Waals surface area contributed by atoms with Crippen LogP contribution in [0, 0.1) is 5.92 Å². The molecule has 20 heavy (non-hydrogen) atoms. The standard InChI is InChI=1S/C18H24OS/c1-3-18(19)13-9-5-6-10-16(18)14-15(2)20-17-11-7-4-8-12-17/h3-4,7-8,11-12,16,19H,1-2,5-6,9-10,13-14H2/t16-,18-/m1/s1. The zero-order chi connectivity index (χ0) is 14.4. The van der Waals surface area contributed by atoms with Crippen LogP contribution in [-0.2, 0) is 0 Å². The molecule has 1 fully saturated rings. The van der Waals surface area contributed by atoms with Crippen LogP contribution in [0.1, 0.15) is 38.5 Å². The van der Waals surface area contributed by atoms with Gasteiger partial charge in [-0.15, -0.1) is 6.58 Å². The predicted molar refractivity (Wildman–Crippen MR) is 87.8 cm³/mol. The third-order valence-electron chi connectivity index (χ3n) is 4.17. The first-order chi connectivity index (χ1) is 9.64. The van der Waals surface area contributed by atoms with E-state index in [9.17, 15) is 5.11 Å². The summed E-state index contributed by atoms with van der Waals surface area (Å²) in [5.74, 6) is 0.256. The summed E-state index contributed by atoms with van der Waals surface area (Å²) in [6, 6.07) is 10.3. The summed E-state index contributed by atoms with van der Waals surface area (Å²) < 4.78 is 0. The molecule has 0 aromatic heterocycles. The van der Waals surface area contributed by atoms with Gasteiger partial charge in [0, 0.05) is 4.90 Å². The van der Waals surface area contributed by atoms with Crippen molar-refractivity contribution >= 4 is 11.8 Å². The second kappa shape index (κ2) is 7.14.